The smallest absolute Gasteiger partial charge is 0.258 e. The Labute approximate surface area is 146 Å². The Bertz CT molecular complexity index is 652. The summed E-state index contributed by atoms with van der Waals surface area (Å²) >= 11 is 0. The van der Waals surface area contributed by atoms with E-state index < -0.39 is 0 Å². The summed E-state index contributed by atoms with van der Waals surface area (Å²) in [6.07, 6.45) is 5.24. The van der Waals surface area contributed by atoms with E-state index in [1.165, 1.54) is 43.5 Å². The Morgan fingerprint density at radius 1 is 1.20 bits per heavy atom. The first-order valence-corrected chi connectivity index (χ1v) is 8.65. The number of amides is 1. The van der Waals surface area contributed by atoms with Gasteiger partial charge in [-0.05, 0) is 62.3 Å². The zero-order chi connectivity index (χ0) is 17.5. The lowest BCUT2D eigenvalue weighted by Gasteiger charge is -2.33. The van der Waals surface area contributed by atoms with Gasteiger partial charge in [-0.2, -0.15) is 0 Å². The van der Waals surface area contributed by atoms with Crippen LogP contribution >= 0.6 is 0 Å². The number of carbonyl (C=O) groups excluding carboxylic acids is 1. The molecule has 0 aliphatic carbocycles. The van der Waals surface area contributed by atoms with E-state index in [0.29, 0.717) is 12.3 Å². The lowest BCUT2D eigenvalue weighted by atomic mass is 10.1. The highest BCUT2D eigenvalue weighted by atomic mass is 19.1. The number of nitrogens with one attached hydrogen (secondary N) is 1. The van der Waals surface area contributed by atoms with Crippen molar-refractivity contribution >= 4 is 5.91 Å². The summed E-state index contributed by atoms with van der Waals surface area (Å²) in [7, 11) is 0. The van der Waals surface area contributed by atoms with Crippen LogP contribution in [0.15, 0.2) is 47.1 Å². The highest BCUT2D eigenvalue weighted by Gasteiger charge is 2.24. The molecule has 3 rings (SSSR count). The summed E-state index contributed by atoms with van der Waals surface area (Å²) in [5.41, 5.74) is 0. The number of nitrogens with zero attached hydrogens (tertiary/aromatic N) is 1. The molecule has 1 N–H and O–H groups in total. The lowest BCUT2D eigenvalue weighted by Crippen LogP contribution is -2.41. The monoisotopic (exact) mass is 346 g/mol. The molecule has 6 heteroatoms. The fraction of sp³-hybridized carbons (Fsp3) is 0.421. The van der Waals surface area contributed by atoms with Gasteiger partial charge in [0.1, 0.15) is 17.3 Å². The Hall–Kier alpha value is -2.34. The topological polar surface area (TPSA) is 54.7 Å². The number of hydrogen-bond acceptors (Lipinski definition) is 4. The minimum absolute atomic E-state index is 0.0325. The minimum Gasteiger partial charge on any atom is -0.484 e. The van der Waals surface area contributed by atoms with Gasteiger partial charge in [0.2, 0.25) is 0 Å². The molecule has 1 aromatic carbocycles. The molecule has 0 bridgehead atoms. The van der Waals surface area contributed by atoms with Gasteiger partial charge in [0.25, 0.3) is 5.91 Å². The van der Waals surface area contributed by atoms with Crippen LogP contribution < -0.4 is 10.1 Å². The second kappa shape index (κ2) is 8.67. The lowest BCUT2D eigenvalue weighted by molar-refractivity contribution is -0.123. The maximum atomic E-state index is 12.9. The molecule has 1 unspecified atom stereocenters. The molecule has 1 atom stereocenters. The van der Waals surface area contributed by atoms with Crippen LogP contribution in [-0.4, -0.2) is 37.0 Å². The number of piperidine rings is 1. The van der Waals surface area contributed by atoms with Gasteiger partial charge in [-0.3, -0.25) is 9.69 Å². The number of halogens is 1. The number of carbonyl (C=O) groups is 1. The normalized spacial score (nSPS) is 16.4. The second-order valence-electron chi connectivity index (χ2n) is 6.17. The fourth-order valence-corrected chi connectivity index (χ4v) is 3.06. The number of furan rings is 1. The van der Waals surface area contributed by atoms with E-state index in [0.717, 1.165) is 18.8 Å². The van der Waals surface area contributed by atoms with Crippen LogP contribution in [0.1, 0.15) is 31.1 Å². The molecule has 1 saturated heterocycles. The van der Waals surface area contributed by atoms with Crippen LogP contribution in [0.25, 0.3) is 0 Å². The van der Waals surface area contributed by atoms with Crippen LogP contribution in [0.4, 0.5) is 4.39 Å². The van der Waals surface area contributed by atoms with E-state index in [4.69, 9.17) is 9.15 Å². The van der Waals surface area contributed by atoms with Crippen LogP contribution in [0.3, 0.4) is 0 Å². The molecule has 5 nitrogen and oxygen atoms in total. The molecular weight excluding hydrogens is 323 g/mol. The number of ether oxygens (including phenoxy) is 1. The molecule has 1 aliphatic rings. The molecule has 0 radical (unpaired) electrons. The van der Waals surface area contributed by atoms with Gasteiger partial charge in [-0.15, -0.1) is 0 Å². The van der Waals surface area contributed by atoms with Crippen molar-refractivity contribution in [2.24, 2.45) is 0 Å². The van der Waals surface area contributed by atoms with Crippen LogP contribution in [0.5, 0.6) is 5.75 Å². The number of likely N-dealkylation sites (tertiary alicyclic amines) is 1. The highest BCUT2D eigenvalue weighted by molar-refractivity contribution is 5.77. The summed E-state index contributed by atoms with van der Waals surface area (Å²) in [6, 6.07) is 9.45. The third-order valence-corrected chi connectivity index (χ3v) is 4.38. The van der Waals surface area contributed by atoms with Gasteiger partial charge in [0.05, 0.1) is 12.3 Å². The Morgan fingerprint density at radius 2 is 1.96 bits per heavy atom. The maximum absolute atomic E-state index is 12.9. The quantitative estimate of drug-likeness (QED) is 0.837. The van der Waals surface area contributed by atoms with Gasteiger partial charge in [-0.1, -0.05) is 6.42 Å². The fourth-order valence-electron chi connectivity index (χ4n) is 3.06. The standard InChI is InChI=1S/C19H23FN2O3/c20-15-6-8-16(9-7-15)25-14-19(23)21-13-17(18-5-4-12-24-18)22-10-2-1-3-11-22/h4-9,12,17H,1-3,10-11,13-14H2,(H,21,23). The van der Waals surface area contributed by atoms with Crippen molar-refractivity contribution in [3.63, 3.8) is 0 Å². The van der Waals surface area contributed by atoms with E-state index in [9.17, 15) is 9.18 Å². The van der Waals surface area contributed by atoms with E-state index in [2.05, 4.69) is 10.2 Å². The van der Waals surface area contributed by atoms with Crippen molar-refractivity contribution in [3.8, 4) is 5.75 Å². The van der Waals surface area contributed by atoms with E-state index in [1.54, 1.807) is 6.26 Å². The van der Waals surface area contributed by atoms with E-state index in [1.807, 2.05) is 12.1 Å². The Balaban J connectivity index is 1.51. The van der Waals surface area contributed by atoms with E-state index in [-0.39, 0.29) is 24.4 Å². The summed E-state index contributed by atoms with van der Waals surface area (Å²) in [4.78, 5) is 14.4. The van der Waals surface area contributed by atoms with Gasteiger partial charge < -0.3 is 14.5 Å². The van der Waals surface area contributed by atoms with Crippen LogP contribution in [0, 0.1) is 5.82 Å². The molecule has 1 aromatic heterocycles. The molecule has 1 fully saturated rings. The van der Waals surface area contributed by atoms with Crippen molar-refractivity contribution in [2.45, 2.75) is 25.3 Å². The first-order valence-electron chi connectivity index (χ1n) is 8.65. The molecule has 0 saturated carbocycles. The summed E-state index contributed by atoms with van der Waals surface area (Å²) in [6.45, 7) is 2.39. The Kier molecular flexibility index (Phi) is 6.06. The van der Waals surface area contributed by atoms with Crippen molar-refractivity contribution in [1.82, 2.24) is 10.2 Å². The Morgan fingerprint density at radius 3 is 2.64 bits per heavy atom. The predicted molar refractivity (Wildman–Crippen MR) is 91.8 cm³/mol. The maximum Gasteiger partial charge on any atom is 0.258 e. The molecule has 2 heterocycles. The summed E-state index contributed by atoms with van der Waals surface area (Å²) in [5, 5.41) is 2.91. The van der Waals surface area contributed by atoms with Gasteiger partial charge in [0, 0.05) is 6.54 Å². The van der Waals surface area contributed by atoms with Crippen molar-refractivity contribution < 1.29 is 18.3 Å². The number of hydrogen-bond donors (Lipinski definition) is 1. The predicted octanol–water partition coefficient (Wildman–Crippen LogP) is 3.14. The average Bonchev–Trinajstić information content (AvgIpc) is 3.17. The molecular formula is C19H23FN2O3. The second-order valence-corrected chi connectivity index (χ2v) is 6.17. The molecule has 1 amide bonds. The van der Waals surface area contributed by atoms with Gasteiger partial charge in [0.15, 0.2) is 6.61 Å². The minimum atomic E-state index is -0.334. The zero-order valence-electron chi connectivity index (χ0n) is 14.1. The molecule has 2 aromatic rings. The third kappa shape index (κ3) is 5.06. The van der Waals surface area contributed by atoms with Crippen LogP contribution in [0.2, 0.25) is 0 Å². The summed E-state index contributed by atoms with van der Waals surface area (Å²) < 4.78 is 23.8. The number of rotatable bonds is 7. The highest BCUT2D eigenvalue weighted by Crippen LogP contribution is 2.24. The van der Waals surface area contributed by atoms with Crippen molar-refractivity contribution in [3.05, 3.63) is 54.2 Å². The zero-order valence-corrected chi connectivity index (χ0v) is 14.1. The SMILES string of the molecule is O=C(COc1ccc(F)cc1)NCC(c1ccco1)N1CCCCC1. The van der Waals surface area contributed by atoms with Crippen LogP contribution in [-0.2, 0) is 4.79 Å². The van der Waals surface area contributed by atoms with Crippen molar-refractivity contribution in [2.75, 3.05) is 26.2 Å². The first kappa shape index (κ1) is 17.5. The molecule has 134 valence electrons. The largest absolute Gasteiger partial charge is 0.484 e. The van der Waals surface area contributed by atoms with Crippen molar-refractivity contribution in [1.29, 1.82) is 0 Å². The molecule has 0 spiro atoms. The first-order chi connectivity index (χ1) is 12.2. The van der Waals surface area contributed by atoms with E-state index >= 15 is 0 Å². The molecule has 25 heavy (non-hydrogen) atoms. The number of benzene rings is 1. The third-order valence-electron chi connectivity index (χ3n) is 4.38. The average molecular weight is 346 g/mol. The molecule has 1 aliphatic heterocycles. The summed E-state index contributed by atoms with van der Waals surface area (Å²) in [5.74, 6) is 0.786. The van der Waals surface area contributed by atoms with Gasteiger partial charge >= 0.3 is 0 Å². The van der Waals surface area contributed by atoms with Gasteiger partial charge in [-0.25, -0.2) is 4.39 Å².